The van der Waals surface area contributed by atoms with E-state index in [0.29, 0.717) is 6.54 Å². The van der Waals surface area contributed by atoms with Crippen LogP contribution in [0.2, 0.25) is 18.1 Å². The first-order valence-electron chi connectivity index (χ1n) is 7.63. The summed E-state index contributed by atoms with van der Waals surface area (Å²) in [6.45, 7) is 20.0. The SMILES string of the molecule is CCN(CC)CC(C=O)=C[C@@H](C)O[Si](C)(C)C(C)(C)C. The highest BCUT2D eigenvalue weighted by atomic mass is 28.4. The number of carbonyl (C=O) groups excluding carboxylic acids is 1. The predicted molar refractivity (Wildman–Crippen MR) is 89.7 cm³/mol. The van der Waals surface area contributed by atoms with Crippen molar-refractivity contribution >= 4 is 14.6 Å². The van der Waals surface area contributed by atoms with Crippen molar-refractivity contribution in [2.45, 2.75) is 65.8 Å². The second kappa shape index (κ2) is 8.10. The van der Waals surface area contributed by atoms with E-state index in [-0.39, 0.29) is 11.1 Å². The number of aldehydes is 1. The van der Waals surface area contributed by atoms with Gasteiger partial charge in [0.05, 0.1) is 6.10 Å². The van der Waals surface area contributed by atoms with Crippen molar-refractivity contribution in [2.24, 2.45) is 0 Å². The largest absolute Gasteiger partial charge is 0.411 e. The van der Waals surface area contributed by atoms with Gasteiger partial charge < -0.3 is 4.43 Å². The van der Waals surface area contributed by atoms with Crippen LogP contribution in [0.25, 0.3) is 0 Å². The van der Waals surface area contributed by atoms with Gasteiger partial charge in [-0.1, -0.05) is 34.6 Å². The van der Waals surface area contributed by atoms with Crippen LogP contribution in [0.3, 0.4) is 0 Å². The Morgan fingerprint density at radius 1 is 1.25 bits per heavy atom. The zero-order valence-corrected chi connectivity index (χ0v) is 15.6. The molecule has 0 rings (SSSR count). The molecule has 0 radical (unpaired) electrons. The van der Waals surface area contributed by atoms with Gasteiger partial charge in [0.25, 0.3) is 0 Å². The minimum Gasteiger partial charge on any atom is -0.411 e. The van der Waals surface area contributed by atoms with Crippen LogP contribution >= 0.6 is 0 Å². The lowest BCUT2D eigenvalue weighted by Crippen LogP contribution is -2.43. The summed E-state index contributed by atoms with van der Waals surface area (Å²) >= 11 is 0. The van der Waals surface area contributed by atoms with E-state index in [9.17, 15) is 4.79 Å². The fourth-order valence-corrected chi connectivity index (χ4v) is 3.16. The van der Waals surface area contributed by atoms with Crippen LogP contribution < -0.4 is 0 Å². The molecule has 0 bridgehead atoms. The van der Waals surface area contributed by atoms with Crippen LogP contribution in [-0.4, -0.2) is 45.2 Å². The van der Waals surface area contributed by atoms with Crippen molar-refractivity contribution in [3.63, 3.8) is 0 Å². The van der Waals surface area contributed by atoms with E-state index in [4.69, 9.17) is 4.43 Å². The highest BCUT2D eigenvalue weighted by molar-refractivity contribution is 6.74. The molecule has 0 aromatic carbocycles. The molecule has 0 amide bonds. The van der Waals surface area contributed by atoms with Crippen LogP contribution in [0.4, 0.5) is 0 Å². The van der Waals surface area contributed by atoms with E-state index in [2.05, 4.69) is 52.6 Å². The molecule has 3 nitrogen and oxygen atoms in total. The summed E-state index contributed by atoms with van der Waals surface area (Å²) < 4.78 is 6.27. The molecule has 4 heteroatoms. The molecular formula is C16H33NO2Si. The second-order valence-corrected chi connectivity index (χ2v) is 11.7. The minimum absolute atomic E-state index is 0.00773. The maximum Gasteiger partial charge on any atom is 0.192 e. The van der Waals surface area contributed by atoms with Gasteiger partial charge >= 0.3 is 0 Å². The smallest absolute Gasteiger partial charge is 0.192 e. The zero-order chi connectivity index (χ0) is 16.0. The topological polar surface area (TPSA) is 29.5 Å². The molecule has 0 aliphatic carbocycles. The van der Waals surface area contributed by atoms with E-state index in [0.717, 1.165) is 24.9 Å². The van der Waals surface area contributed by atoms with Crippen LogP contribution in [0.1, 0.15) is 41.5 Å². The average molecular weight is 300 g/mol. The highest BCUT2D eigenvalue weighted by Crippen LogP contribution is 2.37. The molecule has 0 heterocycles. The monoisotopic (exact) mass is 299 g/mol. The Balaban J connectivity index is 4.79. The Hall–Kier alpha value is -0.453. The molecule has 0 aromatic rings. The maximum absolute atomic E-state index is 11.2. The Labute approximate surface area is 126 Å². The minimum atomic E-state index is -1.78. The second-order valence-electron chi connectivity index (χ2n) is 6.90. The van der Waals surface area contributed by atoms with Crippen molar-refractivity contribution in [1.82, 2.24) is 4.90 Å². The van der Waals surface area contributed by atoms with Gasteiger partial charge in [-0.15, -0.1) is 0 Å². The summed E-state index contributed by atoms with van der Waals surface area (Å²) in [5, 5.41) is 0.190. The molecule has 0 N–H and O–H groups in total. The summed E-state index contributed by atoms with van der Waals surface area (Å²) in [5.74, 6) is 0. The molecule has 118 valence electrons. The Morgan fingerprint density at radius 3 is 2.10 bits per heavy atom. The lowest BCUT2D eigenvalue weighted by atomic mass is 10.2. The number of hydrogen-bond acceptors (Lipinski definition) is 3. The van der Waals surface area contributed by atoms with Crippen molar-refractivity contribution < 1.29 is 9.22 Å². The lowest BCUT2D eigenvalue weighted by Gasteiger charge is -2.38. The van der Waals surface area contributed by atoms with Crippen LogP contribution in [-0.2, 0) is 9.22 Å². The van der Waals surface area contributed by atoms with Gasteiger partial charge in [-0.3, -0.25) is 9.69 Å². The van der Waals surface area contributed by atoms with Crippen LogP contribution in [0, 0.1) is 0 Å². The average Bonchev–Trinajstić information content (AvgIpc) is 2.32. The van der Waals surface area contributed by atoms with Gasteiger partial charge in [0.15, 0.2) is 8.32 Å². The predicted octanol–water partition coefficient (Wildman–Crippen LogP) is 3.86. The molecule has 0 aliphatic rings. The first kappa shape index (κ1) is 19.5. The van der Waals surface area contributed by atoms with E-state index in [1.165, 1.54) is 0 Å². The molecule has 0 spiro atoms. The van der Waals surface area contributed by atoms with Crippen molar-refractivity contribution in [3.8, 4) is 0 Å². The normalized spacial score (nSPS) is 15.6. The number of rotatable bonds is 8. The fraction of sp³-hybridized carbons (Fsp3) is 0.812. The lowest BCUT2D eigenvalue weighted by molar-refractivity contribution is -0.105. The van der Waals surface area contributed by atoms with Gasteiger partial charge in [-0.25, -0.2) is 0 Å². The van der Waals surface area contributed by atoms with E-state index < -0.39 is 8.32 Å². The quantitative estimate of drug-likeness (QED) is 0.387. The third-order valence-corrected chi connectivity index (χ3v) is 8.76. The summed E-state index contributed by atoms with van der Waals surface area (Å²) in [4.78, 5) is 13.5. The summed E-state index contributed by atoms with van der Waals surface area (Å²) in [5.41, 5.74) is 0.819. The Kier molecular flexibility index (Phi) is 7.92. The van der Waals surface area contributed by atoms with E-state index >= 15 is 0 Å². The summed E-state index contributed by atoms with van der Waals surface area (Å²) in [6, 6.07) is 0. The van der Waals surface area contributed by atoms with Gasteiger partial charge in [0.2, 0.25) is 0 Å². The third kappa shape index (κ3) is 6.33. The van der Waals surface area contributed by atoms with Gasteiger partial charge in [-0.05, 0) is 44.2 Å². The third-order valence-electron chi connectivity index (χ3n) is 4.19. The molecule has 0 fully saturated rings. The van der Waals surface area contributed by atoms with E-state index in [1.807, 2.05) is 13.0 Å². The number of nitrogens with zero attached hydrogens (tertiary/aromatic N) is 1. The Morgan fingerprint density at radius 2 is 1.75 bits per heavy atom. The fourth-order valence-electron chi connectivity index (χ4n) is 1.81. The first-order valence-corrected chi connectivity index (χ1v) is 10.5. The molecule has 0 aromatic heterocycles. The number of carbonyl (C=O) groups is 1. The molecule has 20 heavy (non-hydrogen) atoms. The molecule has 0 saturated heterocycles. The standard InChI is InChI=1S/C16H33NO2Si/c1-9-17(10-2)12-15(13-18)11-14(3)19-20(7,8)16(4,5)6/h11,13-14H,9-10,12H2,1-8H3/t14-/m1/s1. The Bertz CT molecular complexity index is 328. The number of likely N-dealkylation sites (N-methyl/N-ethyl adjacent to an activating group) is 1. The zero-order valence-electron chi connectivity index (χ0n) is 14.6. The molecule has 0 unspecified atom stereocenters. The maximum atomic E-state index is 11.2. The van der Waals surface area contributed by atoms with Crippen molar-refractivity contribution in [2.75, 3.05) is 19.6 Å². The van der Waals surface area contributed by atoms with Crippen LogP contribution in [0.5, 0.6) is 0 Å². The molecule has 0 aliphatic heterocycles. The van der Waals surface area contributed by atoms with Gasteiger partial charge in [0.1, 0.15) is 6.29 Å². The first-order chi connectivity index (χ1) is 9.07. The molecule has 0 saturated carbocycles. The van der Waals surface area contributed by atoms with Gasteiger partial charge in [-0.2, -0.15) is 0 Å². The van der Waals surface area contributed by atoms with Crippen molar-refractivity contribution in [3.05, 3.63) is 11.6 Å². The number of hydrogen-bond donors (Lipinski definition) is 0. The van der Waals surface area contributed by atoms with Crippen molar-refractivity contribution in [1.29, 1.82) is 0 Å². The molecule has 1 atom stereocenters. The summed E-state index contributed by atoms with van der Waals surface area (Å²) in [6.07, 6.45) is 2.93. The van der Waals surface area contributed by atoms with E-state index in [1.54, 1.807) is 0 Å². The molecular weight excluding hydrogens is 266 g/mol. The van der Waals surface area contributed by atoms with Gasteiger partial charge in [0, 0.05) is 12.1 Å². The summed E-state index contributed by atoms with van der Waals surface area (Å²) in [7, 11) is -1.78. The van der Waals surface area contributed by atoms with Crippen LogP contribution in [0.15, 0.2) is 11.6 Å². The highest BCUT2D eigenvalue weighted by Gasteiger charge is 2.38.